The molecule has 7 heteroatoms. The van der Waals surface area contributed by atoms with Crippen LogP contribution in [0.5, 0.6) is 5.75 Å². The average molecular weight is 479 g/mol. The summed E-state index contributed by atoms with van der Waals surface area (Å²) < 4.78 is 5.72. The Hall–Kier alpha value is -2.24. The van der Waals surface area contributed by atoms with Crippen LogP contribution in [0, 0.1) is 0 Å². The third-order valence-corrected chi connectivity index (χ3v) is 5.85. The van der Waals surface area contributed by atoms with Crippen molar-refractivity contribution in [2.75, 3.05) is 13.2 Å². The first-order valence-corrected chi connectivity index (χ1v) is 11.7. The summed E-state index contributed by atoms with van der Waals surface area (Å²) in [6.45, 7) is 8.56. The molecule has 174 valence electrons. The fraction of sp³-hybridized carbons (Fsp3) is 0.440. The van der Waals surface area contributed by atoms with Crippen molar-refractivity contribution in [3.63, 3.8) is 0 Å². The van der Waals surface area contributed by atoms with Crippen LogP contribution < -0.4 is 10.1 Å². The highest BCUT2D eigenvalue weighted by molar-refractivity contribution is 6.35. The number of amides is 2. The fourth-order valence-corrected chi connectivity index (χ4v) is 3.60. The van der Waals surface area contributed by atoms with E-state index in [9.17, 15) is 9.59 Å². The molecule has 32 heavy (non-hydrogen) atoms. The lowest BCUT2D eigenvalue weighted by atomic mass is 10.0. The van der Waals surface area contributed by atoms with E-state index in [1.54, 1.807) is 25.1 Å². The number of carbonyl (C=O) groups excluding carboxylic acids is 2. The number of rotatable bonds is 11. The Kier molecular flexibility index (Phi) is 10.3. The third-order valence-electron chi connectivity index (χ3n) is 5.26. The van der Waals surface area contributed by atoms with Crippen molar-refractivity contribution in [3.05, 3.63) is 63.6 Å². The van der Waals surface area contributed by atoms with E-state index in [4.69, 9.17) is 27.9 Å². The summed E-state index contributed by atoms with van der Waals surface area (Å²) >= 11 is 12.3. The van der Waals surface area contributed by atoms with Crippen molar-refractivity contribution in [1.82, 2.24) is 10.2 Å². The minimum atomic E-state index is -0.682. The number of hydrogen-bond donors (Lipinski definition) is 1. The predicted molar refractivity (Wildman–Crippen MR) is 130 cm³/mol. The smallest absolute Gasteiger partial charge is 0.261 e. The zero-order valence-electron chi connectivity index (χ0n) is 19.2. The highest BCUT2D eigenvalue weighted by Gasteiger charge is 2.27. The minimum absolute atomic E-state index is 0.173. The number of ether oxygens (including phenoxy) is 1. The summed E-state index contributed by atoms with van der Waals surface area (Å²) in [6.07, 6.45) is 1.85. The van der Waals surface area contributed by atoms with Gasteiger partial charge in [-0.15, -0.1) is 0 Å². The first-order chi connectivity index (χ1) is 15.2. The Morgan fingerprint density at radius 3 is 2.34 bits per heavy atom. The number of benzene rings is 2. The molecule has 0 saturated heterocycles. The Bertz CT molecular complexity index is 901. The van der Waals surface area contributed by atoms with Gasteiger partial charge in [-0.25, -0.2) is 0 Å². The lowest BCUT2D eigenvalue weighted by Gasteiger charge is -2.29. The molecule has 0 aliphatic carbocycles. The van der Waals surface area contributed by atoms with Crippen molar-refractivity contribution >= 4 is 35.0 Å². The van der Waals surface area contributed by atoms with Crippen LogP contribution in [0.2, 0.25) is 10.0 Å². The van der Waals surface area contributed by atoms with Crippen LogP contribution in [0.3, 0.4) is 0 Å². The summed E-state index contributed by atoms with van der Waals surface area (Å²) in [5.41, 5.74) is 1.90. The maximum absolute atomic E-state index is 13.1. The molecule has 0 fully saturated rings. The monoisotopic (exact) mass is 478 g/mol. The van der Waals surface area contributed by atoms with E-state index >= 15 is 0 Å². The highest BCUT2D eigenvalue weighted by Crippen LogP contribution is 2.24. The lowest BCUT2D eigenvalue weighted by molar-refractivity contribution is -0.142. The summed E-state index contributed by atoms with van der Waals surface area (Å²) in [6, 6.07) is 12.1. The zero-order valence-corrected chi connectivity index (χ0v) is 20.7. The molecule has 0 aliphatic rings. The Labute approximate surface area is 201 Å². The van der Waals surface area contributed by atoms with Gasteiger partial charge >= 0.3 is 0 Å². The molecule has 5 nitrogen and oxygen atoms in total. The van der Waals surface area contributed by atoms with Gasteiger partial charge in [0, 0.05) is 23.1 Å². The Balaban J connectivity index is 2.14. The first kappa shape index (κ1) is 26.0. The molecule has 0 saturated carbocycles. The average Bonchev–Trinajstić information content (AvgIpc) is 2.77. The molecule has 2 amide bonds. The van der Waals surface area contributed by atoms with Gasteiger partial charge in [-0.3, -0.25) is 9.59 Å². The van der Waals surface area contributed by atoms with Crippen LogP contribution in [0.4, 0.5) is 0 Å². The second kappa shape index (κ2) is 12.7. The van der Waals surface area contributed by atoms with Crippen molar-refractivity contribution in [1.29, 1.82) is 0 Å². The van der Waals surface area contributed by atoms with Gasteiger partial charge in [0.05, 0.1) is 0 Å². The fourth-order valence-electron chi connectivity index (χ4n) is 3.13. The SMILES string of the molecule is CCCCNC(=O)[C@@H](C)N(Cc1ccc(Cl)cc1Cl)C(=O)COc1ccc(C(C)C)cc1. The number of nitrogens with zero attached hydrogens (tertiary/aromatic N) is 1. The highest BCUT2D eigenvalue weighted by atomic mass is 35.5. The van der Waals surface area contributed by atoms with E-state index in [0.717, 1.165) is 12.8 Å². The van der Waals surface area contributed by atoms with Gasteiger partial charge in [0.25, 0.3) is 5.91 Å². The van der Waals surface area contributed by atoms with E-state index in [0.29, 0.717) is 33.8 Å². The van der Waals surface area contributed by atoms with Gasteiger partial charge in [-0.1, -0.05) is 68.6 Å². The van der Waals surface area contributed by atoms with Crippen LogP contribution in [0.1, 0.15) is 57.6 Å². The van der Waals surface area contributed by atoms with Crippen molar-refractivity contribution in [2.24, 2.45) is 0 Å². The van der Waals surface area contributed by atoms with Crippen LogP contribution in [-0.4, -0.2) is 35.9 Å². The van der Waals surface area contributed by atoms with Crippen LogP contribution >= 0.6 is 23.2 Å². The zero-order chi connectivity index (χ0) is 23.7. The molecular weight excluding hydrogens is 447 g/mol. The summed E-state index contributed by atoms with van der Waals surface area (Å²) in [7, 11) is 0. The van der Waals surface area contributed by atoms with Gasteiger partial charge < -0.3 is 15.0 Å². The molecule has 2 aromatic rings. The van der Waals surface area contributed by atoms with Crippen molar-refractivity contribution in [2.45, 2.75) is 59.0 Å². The molecule has 0 heterocycles. The van der Waals surface area contributed by atoms with Gasteiger partial charge in [0.2, 0.25) is 5.91 Å². The summed E-state index contributed by atoms with van der Waals surface area (Å²) in [5.74, 6) is 0.505. The number of unbranched alkanes of at least 4 members (excludes halogenated alkanes) is 1. The number of nitrogens with one attached hydrogen (secondary N) is 1. The molecule has 1 atom stereocenters. The van der Waals surface area contributed by atoms with Gasteiger partial charge in [-0.2, -0.15) is 0 Å². The molecule has 0 bridgehead atoms. The molecule has 0 spiro atoms. The minimum Gasteiger partial charge on any atom is -0.484 e. The van der Waals surface area contributed by atoms with E-state index in [2.05, 4.69) is 26.1 Å². The molecule has 0 radical (unpaired) electrons. The Morgan fingerprint density at radius 2 is 1.75 bits per heavy atom. The predicted octanol–water partition coefficient (Wildman–Crippen LogP) is 5.83. The largest absolute Gasteiger partial charge is 0.484 e. The van der Waals surface area contributed by atoms with Gasteiger partial charge in [0.15, 0.2) is 6.61 Å². The van der Waals surface area contributed by atoms with Crippen LogP contribution in [-0.2, 0) is 16.1 Å². The molecule has 0 aromatic heterocycles. The van der Waals surface area contributed by atoms with E-state index in [-0.39, 0.29) is 25.0 Å². The Morgan fingerprint density at radius 1 is 1.06 bits per heavy atom. The van der Waals surface area contributed by atoms with Crippen LogP contribution in [0.25, 0.3) is 0 Å². The maximum Gasteiger partial charge on any atom is 0.261 e. The van der Waals surface area contributed by atoms with E-state index in [1.807, 2.05) is 24.3 Å². The quantitative estimate of drug-likeness (QED) is 0.413. The first-order valence-electron chi connectivity index (χ1n) is 11.0. The molecule has 2 rings (SSSR count). The second-order valence-corrected chi connectivity index (χ2v) is 8.93. The van der Waals surface area contributed by atoms with E-state index < -0.39 is 6.04 Å². The standard InChI is InChI=1S/C25H32Cl2N2O3/c1-5-6-13-28-25(31)18(4)29(15-20-7-10-21(26)14-23(20)27)24(30)16-32-22-11-8-19(9-12-22)17(2)3/h7-12,14,17-18H,5-6,13,15-16H2,1-4H3,(H,28,31)/t18-/m1/s1. The number of hydrogen-bond acceptors (Lipinski definition) is 3. The molecule has 1 N–H and O–H groups in total. The van der Waals surface area contributed by atoms with Gasteiger partial charge in [-0.05, 0) is 54.7 Å². The number of halogens is 2. The summed E-state index contributed by atoms with van der Waals surface area (Å²) in [4.78, 5) is 27.3. The molecular formula is C25H32Cl2N2O3. The topological polar surface area (TPSA) is 58.6 Å². The van der Waals surface area contributed by atoms with E-state index in [1.165, 1.54) is 10.5 Å². The molecule has 2 aromatic carbocycles. The molecule has 0 aliphatic heterocycles. The maximum atomic E-state index is 13.1. The summed E-state index contributed by atoms with van der Waals surface area (Å²) in [5, 5.41) is 3.84. The third kappa shape index (κ3) is 7.72. The second-order valence-electron chi connectivity index (χ2n) is 8.09. The normalized spacial score (nSPS) is 11.8. The van der Waals surface area contributed by atoms with Crippen LogP contribution in [0.15, 0.2) is 42.5 Å². The van der Waals surface area contributed by atoms with Crippen molar-refractivity contribution < 1.29 is 14.3 Å². The molecule has 0 unspecified atom stereocenters. The lowest BCUT2D eigenvalue weighted by Crippen LogP contribution is -2.49. The van der Waals surface area contributed by atoms with Gasteiger partial charge in [0.1, 0.15) is 11.8 Å². The number of carbonyl (C=O) groups is 2. The van der Waals surface area contributed by atoms with Crippen molar-refractivity contribution in [3.8, 4) is 5.75 Å².